The molecule has 5 nitrogen and oxygen atoms in total. The Balaban J connectivity index is 1.51. The number of urea groups is 1. The summed E-state index contributed by atoms with van der Waals surface area (Å²) in [4.78, 5) is 18.4. The van der Waals surface area contributed by atoms with Gasteiger partial charge in [0.05, 0.1) is 0 Å². The molecule has 0 aliphatic carbocycles. The molecule has 104 valence electrons. The first-order valence-corrected chi connectivity index (χ1v) is 7.46. The third kappa shape index (κ3) is 3.08. The van der Waals surface area contributed by atoms with E-state index in [1.165, 1.54) is 0 Å². The average molecular weight is 288 g/mol. The summed E-state index contributed by atoms with van der Waals surface area (Å²) >= 11 is 1.63. The van der Waals surface area contributed by atoms with E-state index in [0.29, 0.717) is 0 Å². The Labute approximate surface area is 121 Å². The van der Waals surface area contributed by atoms with Crippen molar-refractivity contribution < 1.29 is 4.79 Å². The number of amides is 2. The molecule has 20 heavy (non-hydrogen) atoms. The zero-order valence-corrected chi connectivity index (χ0v) is 11.8. The van der Waals surface area contributed by atoms with Crippen molar-refractivity contribution in [2.45, 2.75) is 12.5 Å². The molecule has 6 heteroatoms. The number of benzene rings is 1. The number of hydrogen-bond acceptors (Lipinski definition) is 4. The Morgan fingerprint density at radius 2 is 2.20 bits per heavy atom. The normalized spacial score (nSPS) is 18.0. The second kappa shape index (κ2) is 5.92. The molecule has 1 aliphatic rings. The highest BCUT2D eigenvalue weighted by Gasteiger charge is 2.25. The molecule has 1 aliphatic heterocycles. The SMILES string of the molecule is O=C(Nc1ccccc1)N[C@H]1CCN(c2nccs2)C1. The van der Waals surface area contributed by atoms with E-state index in [2.05, 4.69) is 20.5 Å². The monoisotopic (exact) mass is 288 g/mol. The van der Waals surface area contributed by atoms with Gasteiger partial charge in [-0.3, -0.25) is 0 Å². The molecule has 0 radical (unpaired) electrons. The summed E-state index contributed by atoms with van der Waals surface area (Å²) in [6.07, 6.45) is 2.75. The zero-order valence-electron chi connectivity index (χ0n) is 11.0. The van der Waals surface area contributed by atoms with Crippen LogP contribution in [0.5, 0.6) is 0 Å². The highest BCUT2D eigenvalue weighted by atomic mass is 32.1. The Morgan fingerprint density at radius 3 is 2.95 bits per heavy atom. The van der Waals surface area contributed by atoms with Crippen LogP contribution in [0.15, 0.2) is 41.9 Å². The summed E-state index contributed by atoms with van der Waals surface area (Å²) in [7, 11) is 0. The van der Waals surface area contributed by atoms with Gasteiger partial charge in [-0.2, -0.15) is 0 Å². The van der Waals surface area contributed by atoms with E-state index in [-0.39, 0.29) is 12.1 Å². The standard InChI is InChI=1S/C14H16N4OS/c19-13(16-11-4-2-1-3-5-11)17-12-6-8-18(10-12)14-15-7-9-20-14/h1-5,7,9,12H,6,8,10H2,(H2,16,17,19)/t12-/m0/s1. The van der Waals surface area contributed by atoms with Crippen molar-refractivity contribution >= 4 is 28.2 Å². The van der Waals surface area contributed by atoms with Crippen molar-refractivity contribution in [2.75, 3.05) is 23.3 Å². The van der Waals surface area contributed by atoms with Gasteiger partial charge in [0.1, 0.15) is 0 Å². The van der Waals surface area contributed by atoms with E-state index in [9.17, 15) is 4.79 Å². The summed E-state index contributed by atoms with van der Waals surface area (Å²) in [5, 5.41) is 8.84. The van der Waals surface area contributed by atoms with Crippen molar-refractivity contribution in [3.63, 3.8) is 0 Å². The number of thiazole rings is 1. The minimum Gasteiger partial charge on any atom is -0.346 e. The molecular weight excluding hydrogens is 272 g/mol. The number of hydrogen-bond donors (Lipinski definition) is 2. The van der Waals surface area contributed by atoms with E-state index in [1.807, 2.05) is 41.9 Å². The van der Waals surface area contributed by atoms with Gasteiger partial charge in [-0.25, -0.2) is 9.78 Å². The summed E-state index contributed by atoms with van der Waals surface area (Å²) in [6.45, 7) is 1.75. The Morgan fingerprint density at radius 1 is 1.35 bits per heavy atom. The molecule has 1 saturated heterocycles. The van der Waals surface area contributed by atoms with Crippen molar-refractivity contribution in [1.29, 1.82) is 0 Å². The Hall–Kier alpha value is -2.08. The first-order valence-electron chi connectivity index (χ1n) is 6.58. The van der Waals surface area contributed by atoms with Gasteiger partial charge in [0.15, 0.2) is 5.13 Å². The minimum atomic E-state index is -0.151. The molecule has 0 spiro atoms. The summed E-state index contributed by atoms with van der Waals surface area (Å²) in [5.41, 5.74) is 0.805. The molecule has 2 heterocycles. The Kier molecular flexibility index (Phi) is 3.83. The fourth-order valence-corrected chi connectivity index (χ4v) is 2.98. The van der Waals surface area contributed by atoms with E-state index in [4.69, 9.17) is 0 Å². The molecular formula is C14H16N4OS. The second-order valence-corrected chi connectivity index (χ2v) is 5.58. The Bertz CT molecular complexity index is 558. The quantitative estimate of drug-likeness (QED) is 0.912. The number of anilines is 2. The highest BCUT2D eigenvalue weighted by molar-refractivity contribution is 7.13. The van der Waals surface area contributed by atoms with Crippen LogP contribution in [0, 0.1) is 0 Å². The fourth-order valence-electron chi connectivity index (χ4n) is 2.30. The molecule has 1 fully saturated rings. The number of nitrogens with zero attached hydrogens (tertiary/aromatic N) is 2. The van der Waals surface area contributed by atoms with Gasteiger partial charge in [-0.15, -0.1) is 11.3 Å². The lowest BCUT2D eigenvalue weighted by molar-refractivity contribution is 0.249. The molecule has 2 amide bonds. The van der Waals surface area contributed by atoms with Crippen LogP contribution < -0.4 is 15.5 Å². The van der Waals surface area contributed by atoms with E-state index >= 15 is 0 Å². The molecule has 3 rings (SSSR count). The predicted molar refractivity (Wildman–Crippen MR) is 81.3 cm³/mol. The van der Waals surface area contributed by atoms with Crippen LogP contribution in [0.4, 0.5) is 15.6 Å². The largest absolute Gasteiger partial charge is 0.346 e. The molecule has 0 bridgehead atoms. The minimum absolute atomic E-state index is 0.151. The number of para-hydroxylation sites is 1. The van der Waals surface area contributed by atoms with Crippen LogP contribution in [0.3, 0.4) is 0 Å². The smallest absolute Gasteiger partial charge is 0.319 e. The molecule has 1 aromatic heterocycles. The number of carbonyl (C=O) groups excluding carboxylic acids is 1. The third-order valence-electron chi connectivity index (χ3n) is 3.24. The maximum Gasteiger partial charge on any atom is 0.319 e. The van der Waals surface area contributed by atoms with Gasteiger partial charge in [-0.1, -0.05) is 18.2 Å². The molecule has 0 unspecified atom stereocenters. The summed E-state index contributed by atoms with van der Waals surface area (Å²) < 4.78 is 0. The van der Waals surface area contributed by atoms with Gasteiger partial charge >= 0.3 is 6.03 Å². The number of carbonyl (C=O) groups is 1. The topological polar surface area (TPSA) is 57.3 Å². The van der Waals surface area contributed by atoms with Gasteiger partial charge in [-0.05, 0) is 18.6 Å². The van der Waals surface area contributed by atoms with Crippen LogP contribution >= 0.6 is 11.3 Å². The first-order chi connectivity index (χ1) is 9.81. The maximum absolute atomic E-state index is 11.9. The lowest BCUT2D eigenvalue weighted by Gasteiger charge is -2.16. The van der Waals surface area contributed by atoms with Crippen LogP contribution in [0.25, 0.3) is 0 Å². The highest BCUT2D eigenvalue weighted by Crippen LogP contribution is 2.22. The molecule has 2 N–H and O–H groups in total. The lowest BCUT2D eigenvalue weighted by Crippen LogP contribution is -2.39. The zero-order chi connectivity index (χ0) is 13.8. The first kappa shape index (κ1) is 12.9. The van der Waals surface area contributed by atoms with Crippen LogP contribution in [0.1, 0.15) is 6.42 Å². The predicted octanol–water partition coefficient (Wildman–Crippen LogP) is 2.54. The molecule has 2 aromatic rings. The molecule has 1 aromatic carbocycles. The van der Waals surface area contributed by atoms with Crippen molar-refractivity contribution in [3.8, 4) is 0 Å². The van der Waals surface area contributed by atoms with E-state index < -0.39 is 0 Å². The second-order valence-electron chi connectivity index (χ2n) is 4.71. The van der Waals surface area contributed by atoms with E-state index in [0.717, 1.165) is 30.3 Å². The average Bonchev–Trinajstić information content (AvgIpc) is 3.10. The van der Waals surface area contributed by atoms with Crippen molar-refractivity contribution in [2.24, 2.45) is 0 Å². The van der Waals surface area contributed by atoms with E-state index in [1.54, 1.807) is 11.3 Å². The number of rotatable bonds is 3. The van der Waals surface area contributed by atoms with Gasteiger partial charge < -0.3 is 15.5 Å². The van der Waals surface area contributed by atoms with Crippen LogP contribution in [-0.4, -0.2) is 30.1 Å². The summed E-state index contributed by atoms with van der Waals surface area (Å²) in [6, 6.07) is 9.48. The van der Waals surface area contributed by atoms with Crippen LogP contribution in [0.2, 0.25) is 0 Å². The lowest BCUT2D eigenvalue weighted by atomic mass is 10.3. The van der Waals surface area contributed by atoms with Gasteiger partial charge in [0.2, 0.25) is 0 Å². The van der Waals surface area contributed by atoms with Crippen molar-refractivity contribution in [3.05, 3.63) is 41.9 Å². The van der Waals surface area contributed by atoms with Crippen LogP contribution in [-0.2, 0) is 0 Å². The van der Waals surface area contributed by atoms with Gasteiger partial charge in [0.25, 0.3) is 0 Å². The molecule has 0 saturated carbocycles. The fraction of sp³-hybridized carbons (Fsp3) is 0.286. The molecule has 1 atom stereocenters. The maximum atomic E-state index is 11.9. The summed E-state index contributed by atoms with van der Waals surface area (Å²) in [5.74, 6) is 0. The van der Waals surface area contributed by atoms with Crippen molar-refractivity contribution in [1.82, 2.24) is 10.3 Å². The number of aromatic nitrogens is 1. The number of nitrogens with one attached hydrogen (secondary N) is 2. The third-order valence-corrected chi connectivity index (χ3v) is 4.08. The van der Waals surface area contributed by atoms with Gasteiger partial charge in [0, 0.05) is 36.4 Å².